The Balaban J connectivity index is 1.86. The summed E-state index contributed by atoms with van der Waals surface area (Å²) in [6, 6.07) is 16.8. The van der Waals surface area contributed by atoms with Gasteiger partial charge in [-0.15, -0.1) is 0 Å². The number of nitrogens with one attached hydrogen (secondary N) is 1. The Morgan fingerprint density at radius 1 is 1.03 bits per heavy atom. The number of ether oxygens (including phenoxy) is 1. The number of carbonyl (C=O) groups excluding carboxylic acids is 1. The van der Waals surface area contributed by atoms with Crippen LogP contribution in [0.2, 0.25) is 10.0 Å². The third-order valence-electron chi connectivity index (χ3n) is 4.00. The predicted molar refractivity (Wildman–Crippen MR) is 119 cm³/mol. The molecule has 0 aromatic heterocycles. The highest BCUT2D eigenvalue weighted by atomic mass is 35.5. The van der Waals surface area contributed by atoms with Crippen LogP contribution in [0, 0.1) is 0 Å². The van der Waals surface area contributed by atoms with Crippen molar-refractivity contribution in [1.82, 2.24) is 5.43 Å². The fourth-order valence-electron chi connectivity index (χ4n) is 2.52. The number of methoxy groups -OCH3 is 1. The van der Waals surface area contributed by atoms with Gasteiger partial charge in [-0.05, 0) is 42.5 Å². The molecule has 1 amide bonds. The molecule has 3 aromatic carbocycles. The van der Waals surface area contributed by atoms with Gasteiger partial charge in [-0.3, -0.25) is 4.79 Å². The number of benzene rings is 3. The molecule has 0 aliphatic heterocycles. The van der Waals surface area contributed by atoms with Gasteiger partial charge < -0.3 is 8.92 Å². The van der Waals surface area contributed by atoms with Crippen molar-refractivity contribution >= 4 is 45.4 Å². The number of rotatable bonds is 7. The minimum atomic E-state index is -4.12. The minimum absolute atomic E-state index is 0.0190. The Labute approximate surface area is 189 Å². The molecule has 1 N–H and O–H groups in total. The van der Waals surface area contributed by atoms with Crippen molar-refractivity contribution < 1.29 is 22.1 Å². The molecule has 0 aliphatic rings. The van der Waals surface area contributed by atoms with Crippen LogP contribution in [0.15, 0.2) is 76.7 Å². The Morgan fingerprint density at radius 3 is 2.45 bits per heavy atom. The van der Waals surface area contributed by atoms with E-state index in [1.54, 1.807) is 36.4 Å². The van der Waals surface area contributed by atoms with E-state index in [1.165, 1.54) is 43.7 Å². The zero-order chi connectivity index (χ0) is 22.4. The molecule has 0 bridgehead atoms. The highest BCUT2D eigenvalue weighted by Crippen LogP contribution is 2.32. The highest BCUT2D eigenvalue weighted by molar-refractivity contribution is 7.87. The number of hydrogen-bond donors (Lipinski definition) is 1. The van der Waals surface area contributed by atoms with Crippen LogP contribution in [0.3, 0.4) is 0 Å². The van der Waals surface area contributed by atoms with E-state index in [1.807, 2.05) is 0 Å². The van der Waals surface area contributed by atoms with Crippen molar-refractivity contribution in [2.75, 3.05) is 7.11 Å². The first-order valence-electron chi connectivity index (χ1n) is 8.77. The summed E-state index contributed by atoms with van der Waals surface area (Å²) >= 11 is 11.8. The predicted octanol–water partition coefficient (Wildman–Crippen LogP) is 4.53. The molecule has 0 aliphatic carbocycles. The van der Waals surface area contributed by atoms with Crippen LogP contribution in [0.1, 0.15) is 15.9 Å². The van der Waals surface area contributed by atoms with Crippen molar-refractivity contribution in [3.05, 3.63) is 87.9 Å². The highest BCUT2D eigenvalue weighted by Gasteiger charge is 2.21. The summed E-state index contributed by atoms with van der Waals surface area (Å²) in [4.78, 5) is 12.3. The second kappa shape index (κ2) is 9.82. The Hall–Kier alpha value is -3.07. The largest absolute Gasteiger partial charge is 0.493 e. The van der Waals surface area contributed by atoms with E-state index in [0.29, 0.717) is 5.02 Å². The van der Waals surface area contributed by atoms with Crippen molar-refractivity contribution in [2.24, 2.45) is 5.10 Å². The van der Waals surface area contributed by atoms with E-state index in [4.69, 9.17) is 32.1 Å². The molecule has 3 aromatic rings. The molecule has 0 heterocycles. The number of halogens is 2. The second-order valence-electron chi connectivity index (χ2n) is 6.05. The van der Waals surface area contributed by atoms with Gasteiger partial charge in [0.25, 0.3) is 5.91 Å². The summed E-state index contributed by atoms with van der Waals surface area (Å²) in [6.07, 6.45) is 1.24. The molecule has 0 unspecified atom stereocenters. The van der Waals surface area contributed by atoms with Crippen molar-refractivity contribution in [1.29, 1.82) is 0 Å². The fourth-order valence-corrected chi connectivity index (χ4v) is 4.00. The average molecular weight is 479 g/mol. The van der Waals surface area contributed by atoms with Crippen molar-refractivity contribution in [3.8, 4) is 11.5 Å². The Kier molecular flexibility index (Phi) is 7.17. The molecular weight excluding hydrogens is 463 g/mol. The number of para-hydroxylation sites is 1. The van der Waals surface area contributed by atoms with E-state index >= 15 is 0 Å². The molecule has 160 valence electrons. The lowest BCUT2D eigenvalue weighted by molar-refractivity contribution is 0.0955. The summed E-state index contributed by atoms with van der Waals surface area (Å²) < 4.78 is 35.8. The molecule has 7 nitrogen and oxygen atoms in total. The third-order valence-corrected chi connectivity index (χ3v) is 5.78. The normalized spacial score (nSPS) is 11.3. The number of hydrogen-bond acceptors (Lipinski definition) is 6. The molecule has 3 rings (SSSR count). The zero-order valence-electron chi connectivity index (χ0n) is 16.1. The first-order chi connectivity index (χ1) is 14.8. The first kappa shape index (κ1) is 22.6. The van der Waals surface area contributed by atoms with Crippen LogP contribution in [0.4, 0.5) is 0 Å². The van der Waals surface area contributed by atoms with Crippen LogP contribution in [-0.2, 0) is 10.1 Å². The lowest BCUT2D eigenvalue weighted by Gasteiger charge is -2.13. The Bertz CT molecular complexity index is 1230. The molecule has 0 atom stereocenters. The van der Waals surface area contributed by atoms with Crippen LogP contribution in [0.25, 0.3) is 0 Å². The maximum atomic E-state index is 12.6. The SMILES string of the molecule is COc1cccc(/C=N/NC(=O)c2ccc(Cl)cc2Cl)c1OS(=O)(=O)c1ccccc1. The number of nitrogens with zero attached hydrogens (tertiary/aromatic N) is 1. The van der Waals surface area contributed by atoms with Gasteiger partial charge in [-0.2, -0.15) is 13.5 Å². The van der Waals surface area contributed by atoms with Crippen LogP contribution in [-0.4, -0.2) is 27.6 Å². The fraction of sp³-hybridized carbons (Fsp3) is 0.0476. The molecule has 0 saturated heterocycles. The van der Waals surface area contributed by atoms with Crippen molar-refractivity contribution in [3.63, 3.8) is 0 Å². The maximum absolute atomic E-state index is 12.6. The van der Waals surface area contributed by atoms with Gasteiger partial charge in [0, 0.05) is 10.6 Å². The Morgan fingerprint density at radius 2 is 1.77 bits per heavy atom. The molecule has 0 spiro atoms. The van der Waals surface area contributed by atoms with Crippen LogP contribution >= 0.6 is 23.2 Å². The topological polar surface area (TPSA) is 94.1 Å². The lowest BCUT2D eigenvalue weighted by atomic mass is 10.2. The quantitative estimate of drug-likeness (QED) is 0.305. The first-order valence-corrected chi connectivity index (χ1v) is 10.9. The molecule has 0 fully saturated rings. The summed E-state index contributed by atoms with van der Waals surface area (Å²) in [6.45, 7) is 0. The van der Waals surface area contributed by atoms with Gasteiger partial charge in [0.2, 0.25) is 0 Å². The van der Waals surface area contributed by atoms with Crippen LogP contribution in [0.5, 0.6) is 11.5 Å². The van der Waals surface area contributed by atoms with E-state index in [2.05, 4.69) is 10.5 Å². The van der Waals surface area contributed by atoms with E-state index in [0.717, 1.165) is 0 Å². The number of hydrazone groups is 1. The van der Waals surface area contributed by atoms with E-state index in [-0.39, 0.29) is 32.5 Å². The summed E-state index contributed by atoms with van der Waals surface area (Å²) in [7, 11) is -2.74. The maximum Gasteiger partial charge on any atom is 0.339 e. The lowest BCUT2D eigenvalue weighted by Crippen LogP contribution is -2.18. The number of carbonyl (C=O) groups is 1. The standard InChI is InChI=1S/C21H16Cl2N2O5S/c1-29-19-9-5-6-14(20(19)30-31(27,28)16-7-3-2-4-8-16)13-24-25-21(26)17-11-10-15(22)12-18(17)23/h2-13H,1H3,(H,25,26)/b24-13+. The summed E-state index contributed by atoms with van der Waals surface area (Å²) in [5.41, 5.74) is 2.77. The van der Waals surface area contributed by atoms with Gasteiger partial charge in [0.05, 0.1) is 23.9 Å². The van der Waals surface area contributed by atoms with Crippen LogP contribution < -0.4 is 14.3 Å². The van der Waals surface area contributed by atoms with Gasteiger partial charge in [-0.1, -0.05) is 47.5 Å². The molecule has 0 saturated carbocycles. The summed E-state index contributed by atoms with van der Waals surface area (Å²) in [5.74, 6) is -0.466. The average Bonchev–Trinajstić information content (AvgIpc) is 2.75. The van der Waals surface area contributed by atoms with E-state index in [9.17, 15) is 13.2 Å². The number of amides is 1. The van der Waals surface area contributed by atoms with Gasteiger partial charge in [-0.25, -0.2) is 5.43 Å². The monoisotopic (exact) mass is 478 g/mol. The minimum Gasteiger partial charge on any atom is -0.493 e. The third kappa shape index (κ3) is 5.55. The van der Waals surface area contributed by atoms with Crippen molar-refractivity contribution in [2.45, 2.75) is 4.90 Å². The van der Waals surface area contributed by atoms with Gasteiger partial charge in [0.1, 0.15) is 4.90 Å². The zero-order valence-corrected chi connectivity index (χ0v) is 18.4. The molecule has 10 heteroatoms. The molecule has 0 radical (unpaired) electrons. The summed E-state index contributed by atoms with van der Waals surface area (Å²) in [5, 5.41) is 4.43. The van der Waals surface area contributed by atoms with Gasteiger partial charge in [0.15, 0.2) is 11.5 Å². The van der Waals surface area contributed by atoms with Gasteiger partial charge >= 0.3 is 10.1 Å². The second-order valence-corrected chi connectivity index (χ2v) is 8.44. The molecule has 31 heavy (non-hydrogen) atoms. The smallest absolute Gasteiger partial charge is 0.339 e. The van der Waals surface area contributed by atoms with E-state index < -0.39 is 16.0 Å². The molecular formula is C21H16Cl2N2O5S.